The Kier molecular flexibility index (Phi) is 5.44. The highest BCUT2D eigenvalue weighted by Crippen LogP contribution is 2.31. The molecule has 25 heavy (non-hydrogen) atoms. The first-order valence-electron chi connectivity index (χ1n) is 10.3. The number of nitrogens with zero attached hydrogens (tertiary/aromatic N) is 3. The Hall–Kier alpha value is -0.910. The number of ether oxygens (including phenoxy) is 1. The van der Waals surface area contributed by atoms with Gasteiger partial charge < -0.3 is 19.5 Å². The van der Waals surface area contributed by atoms with Crippen molar-refractivity contribution in [2.24, 2.45) is 13.0 Å². The van der Waals surface area contributed by atoms with Gasteiger partial charge in [0, 0.05) is 44.2 Å². The van der Waals surface area contributed by atoms with E-state index in [0.29, 0.717) is 12.1 Å². The topological polar surface area (TPSA) is 42.3 Å². The molecule has 4 rings (SSSR count). The molecule has 0 radical (unpaired) electrons. The normalized spacial score (nSPS) is 35.3. The van der Waals surface area contributed by atoms with Crippen molar-refractivity contribution >= 4 is 0 Å². The fraction of sp³-hybridized carbons (Fsp3) is 0.850. The fourth-order valence-electron chi connectivity index (χ4n) is 5.13. The van der Waals surface area contributed by atoms with E-state index in [2.05, 4.69) is 33.7 Å². The molecule has 1 aromatic heterocycles. The minimum absolute atomic E-state index is 0.109. The van der Waals surface area contributed by atoms with Crippen LogP contribution in [-0.2, 0) is 11.8 Å². The van der Waals surface area contributed by atoms with Crippen LogP contribution in [0.1, 0.15) is 63.8 Å². The van der Waals surface area contributed by atoms with Crippen LogP contribution in [0, 0.1) is 5.92 Å². The van der Waals surface area contributed by atoms with Crippen molar-refractivity contribution in [3.8, 4) is 0 Å². The molecule has 0 spiro atoms. The third-order valence-corrected chi connectivity index (χ3v) is 6.61. The number of piperidine rings is 1. The van der Waals surface area contributed by atoms with Crippen LogP contribution in [0.3, 0.4) is 0 Å². The van der Waals surface area contributed by atoms with E-state index in [1.54, 1.807) is 0 Å². The SMILES string of the molecule is C[C@@H]1CCC[C@H](N2CCC(N[C@H]3CCO[C@@H]3c3nccn3C)CC2)C1. The molecule has 3 fully saturated rings. The predicted molar refractivity (Wildman–Crippen MR) is 99.5 cm³/mol. The maximum absolute atomic E-state index is 6.00. The summed E-state index contributed by atoms with van der Waals surface area (Å²) in [7, 11) is 2.06. The highest BCUT2D eigenvalue weighted by Gasteiger charge is 2.35. The Labute approximate surface area is 152 Å². The third-order valence-electron chi connectivity index (χ3n) is 6.61. The van der Waals surface area contributed by atoms with Gasteiger partial charge in [0.2, 0.25) is 0 Å². The number of rotatable bonds is 4. The average molecular weight is 347 g/mol. The van der Waals surface area contributed by atoms with Crippen LogP contribution in [-0.4, -0.2) is 52.3 Å². The molecule has 0 unspecified atom stereocenters. The molecule has 1 N–H and O–H groups in total. The van der Waals surface area contributed by atoms with Gasteiger partial charge in [-0.1, -0.05) is 19.8 Å². The fourth-order valence-corrected chi connectivity index (χ4v) is 5.13. The number of aryl methyl sites for hydroxylation is 1. The van der Waals surface area contributed by atoms with Gasteiger partial charge in [0.1, 0.15) is 11.9 Å². The lowest BCUT2D eigenvalue weighted by atomic mass is 9.85. The van der Waals surface area contributed by atoms with E-state index in [1.165, 1.54) is 51.6 Å². The van der Waals surface area contributed by atoms with Crippen molar-refractivity contribution in [1.29, 1.82) is 0 Å². The van der Waals surface area contributed by atoms with Gasteiger partial charge >= 0.3 is 0 Å². The molecule has 1 saturated carbocycles. The molecule has 1 aromatic rings. The summed E-state index contributed by atoms with van der Waals surface area (Å²) in [5, 5.41) is 3.91. The van der Waals surface area contributed by atoms with Gasteiger partial charge in [-0.25, -0.2) is 4.98 Å². The Bertz CT molecular complexity index is 552. The summed E-state index contributed by atoms with van der Waals surface area (Å²) in [6.07, 6.45) is 13.3. The number of likely N-dealkylation sites (tertiary alicyclic amines) is 1. The summed E-state index contributed by atoms with van der Waals surface area (Å²) in [5.41, 5.74) is 0. The van der Waals surface area contributed by atoms with E-state index in [-0.39, 0.29) is 6.10 Å². The van der Waals surface area contributed by atoms with Gasteiger partial charge in [-0.3, -0.25) is 0 Å². The van der Waals surface area contributed by atoms with Crippen LogP contribution < -0.4 is 5.32 Å². The maximum Gasteiger partial charge on any atom is 0.139 e. The number of aromatic nitrogens is 2. The predicted octanol–water partition coefficient (Wildman–Crippen LogP) is 2.88. The summed E-state index contributed by atoms with van der Waals surface area (Å²) in [4.78, 5) is 7.28. The van der Waals surface area contributed by atoms with Crippen molar-refractivity contribution in [3.05, 3.63) is 18.2 Å². The quantitative estimate of drug-likeness (QED) is 0.910. The lowest BCUT2D eigenvalue weighted by Crippen LogP contribution is -2.50. The van der Waals surface area contributed by atoms with Gasteiger partial charge in [-0.15, -0.1) is 0 Å². The molecule has 0 aromatic carbocycles. The molecule has 1 aliphatic carbocycles. The van der Waals surface area contributed by atoms with Gasteiger partial charge in [0.15, 0.2) is 0 Å². The molecule has 140 valence electrons. The summed E-state index contributed by atoms with van der Waals surface area (Å²) in [5.74, 6) is 1.98. The maximum atomic E-state index is 6.00. The highest BCUT2D eigenvalue weighted by atomic mass is 16.5. The lowest BCUT2D eigenvalue weighted by molar-refractivity contribution is 0.0747. The van der Waals surface area contributed by atoms with E-state index in [1.807, 2.05) is 12.4 Å². The van der Waals surface area contributed by atoms with Crippen molar-refractivity contribution in [2.75, 3.05) is 19.7 Å². The van der Waals surface area contributed by atoms with Crippen LogP contribution in [0.2, 0.25) is 0 Å². The minimum atomic E-state index is 0.109. The van der Waals surface area contributed by atoms with Crippen LogP contribution in [0.25, 0.3) is 0 Å². The zero-order valence-electron chi connectivity index (χ0n) is 15.9. The van der Waals surface area contributed by atoms with Crippen LogP contribution in [0.5, 0.6) is 0 Å². The van der Waals surface area contributed by atoms with Crippen LogP contribution in [0.15, 0.2) is 12.4 Å². The Balaban J connectivity index is 1.29. The van der Waals surface area contributed by atoms with E-state index in [4.69, 9.17) is 4.74 Å². The van der Waals surface area contributed by atoms with Crippen LogP contribution >= 0.6 is 0 Å². The first kappa shape index (κ1) is 17.5. The van der Waals surface area contributed by atoms with E-state index in [0.717, 1.165) is 30.8 Å². The second-order valence-electron chi connectivity index (χ2n) is 8.49. The van der Waals surface area contributed by atoms with Gasteiger partial charge in [-0.05, 0) is 51.1 Å². The average Bonchev–Trinajstić information content (AvgIpc) is 3.24. The number of nitrogens with one attached hydrogen (secondary N) is 1. The molecule has 3 aliphatic rings. The molecule has 2 saturated heterocycles. The van der Waals surface area contributed by atoms with Crippen molar-refractivity contribution in [1.82, 2.24) is 19.8 Å². The number of hydrogen-bond acceptors (Lipinski definition) is 4. The first-order chi connectivity index (χ1) is 12.2. The number of imidazole rings is 1. The molecular weight excluding hydrogens is 312 g/mol. The molecule has 5 heteroatoms. The smallest absolute Gasteiger partial charge is 0.139 e. The van der Waals surface area contributed by atoms with E-state index >= 15 is 0 Å². The molecule has 0 amide bonds. The summed E-state index contributed by atoms with van der Waals surface area (Å²) in [6.45, 7) is 5.79. The Morgan fingerprint density at radius 1 is 1.16 bits per heavy atom. The third kappa shape index (κ3) is 3.93. The molecule has 0 bridgehead atoms. The Morgan fingerprint density at radius 2 is 2.00 bits per heavy atom. The van der Waals surface area contributed by atoms with Gasteiger partial charge in [0.05, 0.1) is 0 Å². The highest BCUT2D eigenvalue weighted by molar-refractivity contribution is 5.03. The largest absolute Gasteiger partial charge is 0.369 e. The summed E-state index contributed by atoms with van der Waals surface area (Å²) >= 11 is 0. The molecule has 5 nitrogen and oxygen atoms in total. The van der Waals surface area contributed by atoms with Crippen molar-refractivity contribution in [3.63, 3.8) is 0 Å². The van der Waals surface area contributed by atoms with E-state index < -0.39 is 0 Å². The van der Waals surface area contributed by atoms with Gasteiger partial charge in [0.25, 0.3) is 0 Å². The molecule has 2 aliphatic heterocycles. The zero-order chi connectivity index (χ0) is 17.2. The minimum Gasteiger partial charge on any atom is -0.369 e. The summed E-state index contributed by atoms with van der Waals surface area (Å²) in [6, 6.07) is 1.89. The van der Waals surface area contributed by atoms with E-state index in [9.17, 15) is 0 Å². The number of hydrogen-bond donors (Lipinski definition) is 1. The molecule has 3 heterocycles. The molecular formula is C20H34N4O. The second-order valence-corrected chi connectivity index (χ2v) is 8.49. The lowest BCUT2D eigenvalue weighted by Gasteiger charge is -2.41. The molecule has 4 atom stereocenters. The van der Waals surface area contributed by atoms with Crippen molar-refractivity contribution < 1.29 is 4.74 Å². The zero-order valence-corrected chi connectivity index (χ0v) is 15.9. The first-order valence-corrected chi connectivity index (χ1v) is 10.3. The van der Waals surface area contributed by atoms with Crippen LogP contribution in [0.4, 0.5) is 0 Å². The summed E-state index contributed by atoms with van der Waals surface area (Å²) < 4.78 is 8.10. The van der Waals surface area contributed by atoms with Gasteiger partial charge in [-0.2, -0.15) is 0 Å². The Morgan fingerprint density at radius 3 is 2.72 bits per heavy atom. The monoisotopic (exact) mass is 346 g/mol. The second kappa shape index (κ2) is 7.77. The van der Waals surface area contributed by atoms with Crippen molar-refractivity contribution in [2.45, 2.75) is 76.1 Å². The standard InChI is InChI=1S/C20H34N4O/c1-15-4-3-5-17(14-15)24-10-6-16(7-11-24)22-18-8-13-25-19(18)20-21-9-12-23(20)2/h9,12,15-19,22H,3-8,10-11,13-14H2,1-2H3/t15-,17+,18+,19+/m1/s1.